The largest absolute Gasteiger partial charge is 0.494 e. The van der Waals surface area contributed by atoms with Gasteiger partial charge in [-0.1, -0.05) is 12.1 Å². The van der Waals surface area contributed by atoms with Gasteiger partial charge in [0.1, 0.15) is 0 Å². The first-order chi connectivity index (χ1) is 16.2. The molecule has 4 rings (SSSR count). The van der Waals surface area contributed by atoms with E-state index < -0.39 is 40.1 Å². The molecule has 0 atom stereocenters. The lowest BCUT2D eigenvalue weighted by Gasteiger charge is -2.32. The lowest BCUT2D eigenvalue weighted by molar-refractivity contribution is -0.137. The first-order valence-electron chi connectivity index (χ1n) is 11.6. The number of rotatable bonds is 5. The Morgan fingerprint density at radius 2 is 1.43 bits per heavy atom. The van der Waals surface area contributed by atoms with Crippen molar-refractivity contribution >= 4 is 28.3 Å². The van der Waals surface area contributed by atoms with E-state index in [9.17, 15) is 21.6 Å². The molecule has 2 aromatic carbocycles. The van der Waals surface area contributed by atoms with Gasteiger partial charge in [-0.15, -0.1) is 0 Å². The average Bonchev–Trinajstić information content (AvgIpc) is 3.01. The fourth-order valence-corrected chi connectivity index (χ4v) is 5.63. The van der Waals surface area contributed by atoms with Gasteiger partial charge in [0.2, 0.25) is 10.0 Å². The topological polar surface area (TPSA) is 67.9 Å². The number of sulfonamides is 1. The van der Waals surface area contributed by atoms with Gasteiger partial charge >= 0.3 is 13.3 Å². The number of halogens is 3. The molecule has 0 aliphatic carbocycles. The van der Waals surface area contributed by atoms with E-state index in [1.165, 1.54) is 16.4 Å². The highest BCUT2D eigenvalue weighted by Gasteiger charge is 2.51. The number of nitrogens with zero attached hydrogens (tertiary/aromatic N) is 1. The Morgan fingerprint density at radius 3 is 1.91 bits per heavy atom. The van der Waals surface area contributed by atoms with Crippen molar-refractivity contribution in [2.75, 3.05) is 18.4 Å². The van der Waals surface area contributed by atoms with Gasteiger partial charge in [-0.3, -0.25) is 0 Å². The van der Waals surface area contributed by atoms with Crippen LogP contribution >= 0.6 is 0 Å². The van der Waals surface area contributed by atoms with Gasteiger partial charge in [-0.25, -0.2) is 8.42 Å². The molecule has 11 heteroatoms. The lowest BCUT2D eigenvalue weighted by Crippen LogP contribution is -2.42. The fraction of sp³-hybridized carbons (Fsp3) is 0.500. The van der Waals surface area contributed by atoms with E-state index in [1.807, 2.05) is 27.7 Å². The minimum atomic E-state index is -4.37. The number of alkyl halides is 3. The number of piperidine rings is 1. The molecule has 0 amide bonds. The normalized spacial score (nSPS) is 21.3. The molecule has 0 aromatic heterocycles. The van der Waals surface area contributed by atoms with Gasteiger partial charge in [0.25, 0.3) is 0 Å². The summed E-state index contributed by atoms with van der Waals surface area (Å²) in [4.78, 5) is 0.201. The summed E-state index contributed by atoms with van der Waals surface area (Å²) < 4.78 is 78.0. The van der Waals surface area contributed by atoms with E-state index in [2.05, 4.69) is 5.32 Å². The Bertz CT molecular complexity index is 1130. The minimum Gasteiger partial charge on any atom is -0.399 e. The molecule has 6 nitrogen and oxygen atoms in total. The molecule has 0 radical (unpaired) electrons. The summed E-state index contributed by atoms with van der Waals surface area (Å²) in [6, 6.07) is 11.4. The summed E-state index contributed by atoms with van der Waals surface area (Å²) >= 11 is 0. The Kier molecular flexibility index (Phi) is 6.76. The van der Waals surface area contributed by atoms with Crippen LogP contribution in [0, 0.1) is 0 Å². The third-order valence-electron chi connectivity index (χ3n) is 7.08. The molecule has 2 heterocycles. The molecule has 2 aliphatic heterocycles. The van der Waals surface area contributed by atoms with E-state index >= 15 is 0 Å². The molecule has 1 N–H and O–H groups in total. The van der Waals surface area contributed by atoms with Gasteiger partial charge in [-0.05, 0) is 82.4 Å². The van der Waals surface area contributed by atoms with Crippen LogP contribution < -0.4 is 10.8 Å². The van der Waals surface area contributed by atoms with Crippen LogP contribution in [0.1, 0.15) is 46.1 Å². The van der Waals surface area contributed by atoms with Crippen molar-refractivity contribution in [1.29, 1.82) is 0 Å². The van der Waals surface area contributed by atoms with Crippen LogP contribution in [-0.4, -0.2) is 50.2 Å². The first-order valence-corrected chi connectivity index (χ1v) is 13.0. The average molecular weight is 510 g/mol. The molecule has 0 saturated carbocycles. The standard InChI is InChI=1S/C24H30BF3N2O4S/c1-22(2)23(3,4)34-25(33-22)18-7-11-21(12-8-18)35(31,32)30-15-13-20(14-16-30)29-19-9-5-17(6-10-19)24(26,27)28/h5-12,20,29H,13-16H2,1-4H3. The van der Waals surface area contributed by atoms with Gasteiger partial charge in [-0.2, -0.15) is 17.5 Å². The van der Waals surface area contributed by atoms with Crippen molar-refractivity contribution < 1.29 is 30.9 Å². The molecule has 35 heavy (non-hydrogen) atoms. The Labute approximate surface area is 205 Å². The summed E-state index contributed by atoms with van der Waals surface area (Å²) in [5.41, 5.74) is -0.337. The maximum absolute atomic E-state index is 13.2. The molecule has 0 bridgehead atoms. The van der Waals surface area contributed by atoms with E-state index in [1.54, 1.807) is 24.3 Å². The highest BCUT2D eigenvalue weighted by atomic mass is 32.2. The number of nitrogens with one attached hydrogen (secondary N) is 1. The van der Waals surface area contributed by atoms with Crippen LogP contribution in [0.25, 0.3) is 0 Å². The maximum atomic E-state index is 13.2. The van der Waals surface area contributed by atoms with Crippen LogP contribution in [0.5, 0.6) is 0 Å². The van der Waals surface area contributed by atoms with Crippen LogP contribution in [-0.2, 0) is 25.5 Å². The Hall–Kier alpha value is -2.08. The van der Waals surface area contributed by atoms with Crippen molar-refractivity contribution in [3.63, 3.8) is 0 Å². The second-order valence-electron chi connectivity index (χ2n) is 10.1. The van der Waals surface area contributed by atoms with E-state index in [-0.39, 0.29) is 10.9 Å². The van der Waals surface area contributed by atoms with E-state index in [0.717, 1.165) is 17.6 Å². The number of benzene rings is 2. The molecule has 190 valence electrons. The predicted molar refractivity (Wildman–Crippen MR) is 129 cm³/mol. The molecule has 2 aliphatic rings. The second-order valence-corrected chi connectivity index (χ2v) is 12.0. The Balaban J connectivity index is 1.36. The highest BCUT2D eigenvalue weighted by Crippen LogP contribution is 2.36. The summed E-state index contributed by atoms with van der Waals surface area (Å²) in [6.45, 7) is 8.48. The molecular weight excluding hydrogens is 480 g/mol. The highest BCUT2D eigenvalue weighted by molar-refractivity contribution is 7.89. The van der Waals surface area contributed by atoms with Crippen LogP contribution in [0.3, 0.4) is 0 Å². The zero-order chi connectivity index (χ0) is 25.6. The third kappa shape index (κ3) is 5.38. The van der Waals surface area contributed by atoms with E-state index in [4.69, 9.17) is 9.31 Å². The SMILES string of the molecule is CC1(C)OB(c2ccc(S(=O)(=O)N3CCC(Nc4ccc(C(F)(F)F)cc4)CC3)cc2)OC1(C)C. The molecule has 2 saturated heterocycles. The summed E-state index contributed by atoms with van der Waals surface area (Å²) in [7, 11) is -4.23. The Morgan fingerprint density at radius 1 is 0.914 bits per heavy atom. The molecule has 2 fully saturated rings. The number of hydrogen-bond donors (Lipinski definition) is 1. The predicted octanol–water partition coefficient (Wildman–Crippen LogP) is 4.27. The van der Waals surface area contributed by atoms with Crippen LogP contribution in [0.2, 0.25) is 0 Å². The van der Waals surface area contributed by atoms with Gasteiger partial charge in [0.15, 0.2) is 0 Å². The molecule has 0 unspecified atom stereocenters. The van der Waals surface area contributed by atoms with Crippen molar-refractivity contribution in [3.05, 3.63) is 54.1 Å². The lowest BCUT2D eigenvalue weighted by atomic mass is 9.79. The van der Waals surface area contributed by atoms with Gasteiger partial charge < -0.3 is 14.6 Å². The summed E-state index contributed by atoms with van der Waals surface area (Å²) in [6.07, 6.45) is -3.28. The summed E-state index contributed by atoms with van der Waals surface area (Å²) in [5, 5.41) is 3.21. The van der Waals surface area contributed by atoms with E-state index in [0.29, 0.717) is 31.6 Å². The molecule has 0 spiro atoms. The third-order valence-corrected chi connectivity index (χ3v) is 8.99. The molecular formula is C24H30BF3N2O4S. The van der Waals surface area contributed by atoms with Crippen molar-refractivity contribution in [2.24, 2.45) is 0 Å². The first kappa shape index (κ1) is 26.0. The number of anilines is 1. The number of hydrogen-bond acceptors (Lipinski definition) is 5. The zero-order valence-corrected chi connectivity index (χ0v) is 21.0. The maximum Gasteiger partial charge on any atom is 0.494 e. The molecule has 2 aromatic rings. The van der Waals surface area contributed by atoms with Crippen molar-refractivity contribution in [3.8, 4) is 0 Å². The zero-order valence-electron chi connectivity index (χ0n) is 20.2. The van der Waals surface area contributed by atoms with Crippen molar-refractivity contribution in [2.45, 2.75) is 68.9 Å². The van der Waals surface area contributed by atoms with Crippen molar-refractivity contribution in [1.82, 2.24) is 4.31 Å². The quantitative estimate of drug-likeness (QED) is 0.609. The monoisotopic (exact) mass is 510 g/mol. The smallest absolute Gasteiger partial charge is 0.399 e. The minimum absolute atomic E-state index is 0.0241. The summed E-state index contributed by atoms with van der Waals surface area (Å²) in [5.74, 6) is 0. The van der Waals surface area contributed by atoms with Gasteiger partial charge in [0.05, 0.1) is 21.7 Å². The fourth-order valence-electron chi connectivity index (χ4n) is 4.16. The van der Waals surface area contributed by atoms with Gasteiger partial charge in [0, 0.05) is 24.8 Å². The van der Waals surface area contributed by atoms with Crippen LogP contribution in [0.4, 0.5) is 18.9 Å². The van der Waals surface area contributed by atoms with Crippen LogP contribution in [0.15, 0.2) is 53.4 Å². The second kappa shape index (κ2) is 9.10.